The molecular weight excluding hydrogens is 414 g/mol. The second-order valence-corrected chi connectivity index (χ2v) is 9.29. The monoisotopic (exact) mass is 439 g/mol. The van der Waals surface area contributed by atoms with E-state index in [4.69, 9.17) is 14.2 Å². The Labute approximate surface area is 175 Å². The van der Waals surface area contributed by atoms with Crippen molar-refractivity contribution in [2.45, 2.75) is 23.8 Å². The van der Waals surface area contributed by atoms with Gasteiger partial charge >= 0.3 is 0 Å². The molecule has 0 saturated carbocycles. The molecule has 2 amide bonds. The number of anilines is 1. The Morgan fingerprint density at radius 3 is 2.73 bits per heavy atom. The maximum Gasteiger partial charge on any atom is 0.265 e. The van der Waals surface area contributed by atoms with Crippen LogP contribution in [0.25, 0.3) is 0 Å². The average molecular weight is 439 g/mol. The van der Waals surface area contributed by atoms with E-state index in [9.17, 15) is 18.0 Å². The summed E-state index contributed by atoms with van der Waals surface area (Å²) in [6, 6.07) is 4.37. The second kappa shape index (κ2) is 8.88. The van der Waals surface area contributed by atoms with Crippen LogP contribution in [-0.2, 0) is 29.1 Å². The van der Waals surface area contributed by atoms with E-state index >= 15 is 0 Å². The van der Waals surface area contributed by atoms with Gasteiger partial charge in [-0.25, -0.2) is 8.42 Å². The molecule has 1 aromatic carbocycles. The van der Waals surface area contributed by atoms with E-state index < -0.39 is 15.9 Å². The van der Waals surface area contributed by atoms with E-state index in [-0.39, 0.29) is 48.8 Å². The molecule has 10 nitrogen and oxygen atoms in total. The molecule has 2 fully saturated rings. The molecule has 0 bridgehead atoms. The lowest BCUT2D eigenvalue weighted by Gasteiger charge is -2.30. The summed E-state index contributed by atoms with van der Waals surface area (Å²) in [5.74, 6) is -0.383. The Morgan fingerprint density at radius 2 is 2.00 bits per heavy atom. The van der Waals surface area contributed by atoms with Crippen LogP contribution >= 0.6 is 0 Å². The lowest BCUT2D eigenvalue weighted by atomic mass is 10.2. The molecule has 0 radical (unpaired) electrons. The maximum absolute atomic E-state index is 13.0. The van der Waals surface area contributed by atoms with E-state index in [1.165, 1.54) is 27.4 Å². The number of nitrogens with zero attached hydrogens (tertiary/aromatic N) is 2. The third kappa shape index (κ3) is 4.43. The van der Waals surface area contributed by atoms with Crippen molar-refractivity contribution >= 4 is 27.5 Å². The van der Waals surface area contributed by atoms with Gasteiger partial charge in [-0.05, 0) is 31.0 Å². The van der Waals surface area contributed by atoms with Crippen molar-refractivity contribution in [1.82, 2.24) is 9.62 Å². The molecule has 3 heterocycles. The Balaban J connectivity index is 1.52. The molecule has 164 valence electrons. The molecule has 3 aliphatic heterocycles. The molecule has 2 saturated heterocycles. The van der Waals surface area contributed by atoms with Crippen molar-refractivity contribution < 1.29 is 32.2 Å². The van der Waals surface area contributed by atoms with Crippen LogP contribution in [-0.4, -0.2) is 83.2 Å². The van der Waals surface area contributed by atoms with Crippen molar-refractivity contribution in [2.75, 3.05) is 57.5 Å². The maximum atomic E-state index is 13.0. The van der Waals surface area contributed by atoms with Gasteiger partial charge in [0.1, 0.15) is 12.3 Å². The van der Waals surface area contributed by atoms with Gasteiger partial charge in [0.05, 0.1) is 29.9 Å². The minimum atomic E-state index is -3.74. The summed E-state index contributed by atoms with van der Waals surface area (Å²) in [7, 11) is -3.74. The molecule has 0 aliphatic carbocycles. The summed E-state index contributed by atoms with van der Waals surface area (Å²) in [6.07, 6.45) is 1.85. The van der Waals surface area contributed by atoms with Gasteiger partial charge in [-0.15, -0.1) is 0 Å². The number of fused-ring (bicyclic) bond motifs is 1. The number of hydrogen-bond donors (Lipinski definition) is 1. The highest BCUT2D eigenvalue weighted by atomic mass is 32.2. The first kappa shape index (κ1) is 21.0. The zero-order chi connectivity index (χ0) is 21.1. The van der Waals surface area contributed by atoms with Crippen molar-refractivity contribution in [3.63, 3.8) is 0 Å². The van der Waals surface area contributed by atoms with E-state index in [1.54, 1.807) is 0 Å². The molecule has 1 aromatic rings. The summed E-state index contributed by atoms with van der Waals surface area (Å²) >= 11 is 0. The van der Waals surface area contributed by atoms with E-state index in [1.807, 2.05) is 0 Å². The second-order valence-electron chi connectivity index (χ2n) is 7.35. The fourth-order valence-electron chi connectivity index (χ4n) is 3.68. The Bertz CT molecular complexity index is 909. The first-order chi connectivity index (χ1) is 14.4. The summed E-state index contributed by atoms with van der Waals surface area (Å²) in [4.78, 5) is 26.2. The topological polar surface area (TPSA) is 114 Å². The van der Waals surface area contributed by atoms with Crippen LogP contribution in [0.4, 0.5) is 5.69 Å². The lowest BCUT2D eigenvalue weighted by Crippen LogP contribution is -2.46. The summed E-state index contributed by atoms with van der Waals surface area (Å²) in [5, 5.41) is 2.78. The van der Waals surface area contributed by atoms with Gasteiger partial charge in [-0.3, -0.25) is 14.5 Å². The van der Waals surface area contributed by atoms with Crippen LogP contribution in [0.2, 0.25) is 0 Å². The predicted octanol–water partition coefficient (Wildman–Crippen LogP) is -0.272. The van der Waals surface area contributed by atoms with Gasteiger partial charge in [0.15, 0.2) is 6.61 Å². The van der Waals surface area contributed by atoms with Gasteiger partial charge in [0.25, 0.3) is 5.91 Å². The Kier molecular flexibility index (Phi) is 6.23. The molecule has 0 spiro atoms. The first-order valence-corrected chi connectivity index (χ1v) is 11.4. The Hall–Kier alpha value is -2.21. The molecule has 3 aliphatic rings. The molecule has 30 heavy (non-hydrogen) atoms. The zero-order valence-electron chi connectivity index (χ0n) is 16.5. The number of ether oxygens (including phenoxy) is 3. The number of benzene rings is 1. The van der Waals surface area contributed by atoms with Crippen molar-refractivity contribution in [2.24, 2.45) is 0 Å². The first-order valence-electron chi connectivity index (χ1n) is 9.98. The quantitative estimate of drug-likeness (QED) is 0.649. The minimum Gasteiger partial charge on any atom is -0.482 e. The van der Waals surface area contributed by atoms with Gasteiger partial charge in [0.2, 0.25) is 15.9 Å². The fraction of sp³-hybridized carbons (Fsp3) is 0.579. The van der Waals surface area contributed by atoms with Crippen LogP contribution in [0, 0.1) is 0 Å². The van der Waals surface area contributed by atoms with Crippen LogP contribution in [0.3, 0.4) is 0 Å². The summed E-state index contributed by atoms with van der Waals surface area (Å²) in [6.45, 7) is 1.86. The third-order valence-electron chi connectivity index (χ3n) is 5.33. The lowest BCUT2D eigenvalue weighted by molar-refractivity contribution is -0.125. The van der Waals surface area contributed by atoms with E-state index in [0.717, 1.165) is 12.8 Å². The summed E-state index contributed by atoms with van der Waals surface area (Å²) in [5.41, 5.74) is 0.271. The van der Waals surface area contributed by atoms with E-state index in [2.05, 4.69) is 5.32 Å². The smallest absolute Gasteiger partial charge is 0.265 e. The van der Waals surface area contributed by atoms with Crippen molar-refractivity contribution in [3.05, 3.63) is 18.2 Å². The summed E-state index contributed by atoms with van der Waals surface area (Å²) < 4.78 is 43.4. The normalized spacial score (nSPS) is 22.5. The predicted molar refractivity (Wildman–Crippen MR) is 106 cm³/mol. The number of nitrogens with one attached hydrogen (secondary N) is 1. The molecular formula is C19H25N3O7S. The van der Waals surface area contributed by atoms with Gasteiger partial charge in [-0.1, -0.05) is 0 Å². The van der Waals surface area contributed by atoms with Crippen LogP contribution in [0.15, 0.2) is 23.1 Å². The largest absolute Gasteiger partial charge is 0.482 e. The number of hydrogen-bond acceptors (Lipinski definition) is 7. The molecule has 1 N–H and O–H groups in total. The molecule has 0 aromatic heterocycles. The molecule has 1 atom stereocenters. The molecule has 11 heteroatoms. The van der Waals surface area contributed by atoms with Gasteiger partial charge in [0, 0.05) is 26.2 Å². The number of amides is 2. The van der Waals surface area contributed by atoms with Crippen molar-refractivity contribution in [1.29, 1.82) is 0 Å². The number of sulfonamides is 1. The number of morpholine rings is 1. The van der Waals surface area contributed by atoms with Crippen molar-refractivity contribution in [3.8, 4) is 5.75 Å². The Morgan fingerprint density at radius 1 is 1.20 bits per heavy atom. The average Bonchev–Trinajstić information content (AvgIpc) is 3.28. The SMILES string of the molecule is O=C(CN1C(=O)COc2ccc(S(=O)(=O)N3CCOCC3)cc21)NCC1CCCO1. The molecule has 4 rings (SSSR count). The van der Waals surface area contributed by atoms with Crippen LogP contribution in [0.5, 0.6) is 5.75 Å². The highest BCUT2D eigenvalue weighted by molar-refractivity contribution is 7.89. The van der Waals surface area contributed by atoms with Crippen LogP contribution < -0.4 is 15.0 Å². The molecule has 1 unspecified atom stereocenters. The number of carbonyl (C=O) groups is 2. The number of rotatable bonds is 6. The third-order valence-corrected chi connectivity index (χ3v) is 7.23. The zero-order valence-corrected chi connectivity index (χ0v) is 17.4. The highest BCUT2D eigenvalue weighted by Crippen LogP contribution is 2.35. The van der Waals surface area contributed by atoms with Gasteiger partial charge < -0.3 is 19.5 Å². The minimum absolute atomic E-state index is 0.00750. The number of carbonyl (C=O) groups excluding carboxylic acids is 2. The fourth-order valence-corrected chi connectivity index (χ4v) is 5.11. The van der Waals surface area contributed by atoms with E-state index in [0.29, 0.717) is 32.1 Å². The van der Waals surface area contributed by atoms with Crippen LogP contribution in [0.1, 0.15) is 12.8 Å². The van der Waals surface area contributed by atoms with Gasteiger partial charge in [-0.2, -0.15) is 4.31 Å². The highest BCUT2D eigenvalue weighted by Gasteiger charge is 2.32. The standard InChI is InChI=1S/C19H25N3O7S/c23-18(20-11-14-2-1-7-28-14)12-22-16-10-15(3-4-17(16)29-13-19(22)24)30(25,26)21-5-8-27-9-6-21/h3-4,10,14H,1-2,5-9,11-13H2,(H,20,23).